The number of nitrogens with zero attached hydrogens (tertiary/aromatic N) is 1. The number of amides is 1. The first-order valence-electron chi connectivity index (χ1n) is 9.15. The highest BCUT2D eigenvalue weighted by Gasteiger charge is 2.16. The van der Waals surface area contributed by atoms with E-state index in [1.165, 1.54) is 12.8 Å². The Bertz CT molecular complexity index is 557. The second-order valence-corrected chi connectivity index (χ2v) is 6.27. The molecule has 1 aromatic carbocycles. The molecule has 0 radical (unpaired) electrons. The number of carbonyl (C=O) groups excluding carboxylic acids is 1. The van der Waals surface area contributed by atoms with Crippen LogP contribution >= 0.6 is 24.0 Å². The maximum atomic E-state index is 12.0. The Hall–Kier alpha value is -1.51. The number of halogens is 1. The Morgan fingerprint density at radius 2 is 1.88 bits per heavy atom. The number of aliphatic imine (C=N–C) groups is 1. The second-order valence-electron chi connectivity index (χ2n) is 6.27. The van der Waals surface area contributed by atoms with Crippen LogP contribution in [0.5, 0.6) is 5.75 Å². The molecule has 3 N–H and O–H groups in total. The molecule has 0 aliphatic heterocycles. The summed E-state index contributed by atoms with van der Waals surface area (Å²) in [5.74, 6) is 1.68. The largest absolute Gasteiger partial charge is 0.497 e. The monoisotopic (exact) mass is 474 g/mol. The number of hydrogen-bond acceptors (Lipinski definition) is 3. The summed E-state index contributed by atoms with van der Waals surface area (Å²) in [6.07, 6.45) is 5.15. The van der Waals surface area contributed by atoms with Crippen molar-refractivity contribution < 1.29 is 9.53 Å². The third kappa shape index (κ3) is 8.25. The molecule has 1 aromatic rings. The van der Waals surface area contributed by atoms with Crippen molar-refractivity contribution in [3.05, 3.63) is 29.8 Å². The topological polar surface area (TPSA) is 74.8 Å². The molecular weight excluding hydrogens is 443 g/mol. The van der Waals surface area contributed by atoms with E-state index in [1.54, 1.807) is 7.11 Å². The lowest BCUT2D eigenvalue weighted by Crippen LogP contribution is -2.40. The van der Waals surface area contributed by atoms with Crippen molar-refractivity contribution in [2.45, 2.75) is 51.6 Å². The summed E-state index contributed by atoms with van der Waals surface area (Å²) in [4.78, 5) is 16.5. The van der Waals surface area contributed by atoms with Gasteiger partial charge in [-0.3, -0.25) is 4.79 Å². The smallest absolute Gasteiger partial charge is 0.221 e. The lowest BCUT2D eigenvalue weighted by atomic mass is 10.2. The molecule has 26 heavy (non-hydrogen) atoms. The van der Waals surface area contributed by atoms with E-state index in [4.69, 9.17) is 4.74 Å². The minimum Gasteiger partial charge on any atom is -0.497 e. The van der Waals surface area contributed by atoms with Crippen LogP contribution in [-0.4, -0.2) is 38.1 Å². The van der Waals surface area contributed by atoms with Crippen molar-refractivity contribution in [3.8, 4) is 5.75 Å². The van der Waals surface area contributed by atoms with E-state index in [0.717, 1.165) is 36.7 Å². The zero-order chi connectivity index (χ0) is 17.9. The van der Waals surface area contributed by atoms with Crippen molar-refractivity contribution in [3.63, 3.8) is 0 Å². The van der Waals surface area contributed by atoms with Crippen molar-refractivity contribution in [2.24, 2.45) is 4.99 Å². The number of rotatable bonds is 8. The van der Waals surface area contributed by atoms with Gasteiger partial charge in [0.05, 0.1) is 13.7 Å². The lowest BCUT2D eigenvalue weighted by Gasteiger charge is -2.14. The van der Waals surface area contributed by atoms with E-state index >= 15 is 0 Å². The SMILES string of the molecule is CCNC(=NCc1ccc(OC)cc1)NCCC(=O)NC1CCCC1.I. The molecule has 1 amide bonds. The van der Waals surface area contributed by atoms with Crippen LogP contribution in [0.3, 0.4) is 0 Å². The van der Waals surface area contributed by atoms with Gasteiger partial charge in [-0.15, -0.1) is 24.0 Å². The molecule has 1 aliphatic carbocycles. The molecule has 0 bridgehead atoms. The average molecular weight is 474 g/mol. The molecule has 2 rings (SSSR count). The highest BCUT2D eigenvalue weighted by Crippen LogP contribution is 2.17. The third-order valence-corrected chi connectivity index (χ3v) is 4.29. The Morgan fingerprint density at radius 1 is 1.19 bits per heavy atom. The third-order valence-electron chi connectivity index (χ3n) is 4.29. The van der Waals surface area contributed by atoms with E-state index in [1.807, 2.05) is 31.2 Å². The van der Waals surface area contributed by atoms with Crippen LogP contribution in [0.4, 0.5) is 0 Å². The zero-order valence-corrected chi connectivity index (χ0v) is 18.0. The Kier molecular flexibility index (Phi) is 11.1. The standard InChI is InChI=1S/C19H30N4O2.HI/c1-3-20-19(22-14-15-8-10-17(25-2)11-9-15)21-13-12-18(24)23-16-6-4-5-7-16;/h8-11,16H,3-7,12-14H2,1-2H3,(H,23,24)(H2,20,21,22);1H. The van der Waals surface area contributed by atoms with Gasteiger partial charge in [-0.1, -0.05) is 25.0 Å². The summed E-state index contributed by atoms with van der Waals surface area (Å²) >= 11 is 0. The molecule has 1 saturated carbocycles. The molecule has 0 spiro atoms. The molecular formula is C19H31IN4O2. The van der Waals surface area contributed by atoms with Crippen molar-refractivity contribution in [1.29, 1.82) is 0 Å². The predicted octanol–water partition coefficient (Wildman–Crippen LogP) is 2.82. The molecule has 1 aliphatic rings. The Morgan fingerprint density at radius 3 is 2.50 bits per heavy atom. The lowest BCUT2D eigenvalue weighted by molar-refractivity contribution is -0.121. The summed E-state index contributed by atoms with van der Waals surface area (Å²) in [6, 6.07) is 8.24. The number of hydrogen-bond donors (Lipinski definition) is 3. The van der Waals surface area contributed by atoms with Gasteiger partial charge < -0.3 is 20.7 Å². The minimum atomic E-state index is 0. The van der Waals surface area contributed by atoms with E-state index in [9.17, 15) is 4.79 Å². The predicted molar refractivity (Wildman–Crippen MR) is 116 cm³/mol. The zero-order valence-electron chi connectivity index (χ0n) is 15.7. The maximum absolute atomic E-state index is 12.0. The van der Waals surface area contributed by atoms with E-state index in [0.29, 0.717) is 25.6 Å². The van der Waals surface area contributed by atoms with Crippen molar-refractivity contribution in [1.82, 2.24) is 16.0 Å². The first-order chi connectivity index (χ1) is 12.2. The van der Waals surface area contributed by atoms with Crippen LogP contribution in [-0.2, 0) is 11.3 Å². The van der Waals surface area contributed by atoms with E-state index in [2.05, 4.69) is 20.9 Å². The first-order valence-corrected chi connectivity index (χ1v) is 9.15. The van der Waals surface area contributed by atoms with Gasteiger partial charge in [-0.05, 0) is 37.5 Å². The van der Waals surface area contributed by atoms with Crippen LogP contribution in [0.1, 0.15) is 44.6 Å². The molecule has 1 fully saturated rings. The van der Waals surface area contributed by atoms with Crippen LogP contribution in [0.25, 0.3) is 0 Å². The summed E-state index contributed by atoms with van der Waals surface area (Å²) < 4.78 is 5.16. The maximum Gasteiger partial charge on any atom is 0.221 e. The Labute approximate surface area is 173 Å². The molecule has 6 nitrogen and oxygen atoms in total. The number of ether oxygens (including phenoxy) is 1. The first kappa shape index (κ1) is 22.5. The minimum absolute atomic E-state index is 0. The van der Waals surface area contributed by atoms with Crippen LogP contribution < -0.4 is 20.7 Å². The fourth-order valence-corrected chi connectivity index (χ4v) is 2.91. The fourth-order valence-electron chi connectivity index (χ4n) is 2.91. The highest BCUT2D eigenvalue weighted by atomic mass is 127. The fraction of sp³-hybridized carbons (Fsp3) is 0.579. The summed E-state index contributed by atoms with van der Waals surface area (Å²) in [5, 5.41) is 9.53. The molecule has 0 atom stereocenters. The van der Waals surface area contributed by atoms with Gasteiger partial charge in [0.1, 0.15) is 5.75 Å². The Balaban J connectivity index is 0.00000338. The van der Waals surface area contributed by atoms with Gasteiger partial charge >= 0.3 is 0 Å². The number of carbonyl (C=O) groups is 1. The summed E-state index contributed by atoms with van der Waals surface area (Å²) in [5.41, 5.74) is 1.11. The van der Waals surface area contributed by atoms with Gasteiger partial charge in [0.2, 0.25) is 5.91 Å². The summed E-state index contributed by atoms with van der Waals surface area (Å²) in [6.45, 7) is 3.96. The molecule has 0 saturated heterocycles. The van der Waals surface area contributed by atoms with Crippen LogP contribution in [0.2, 0.25) is 0 Å². The number of benzene rings is 1. The average Bonchev–Trinajstić information content (AvgIpc) is 3.13. The number of methoxy groups -OCH3 is 1. The van der Waals surface area contributed by atoms with Crippen molar-refractivity contribution in [2.75, 3.05) is 20.2 Å². The van der Waals surface area contributed by atoms with E-state index < -0.39 is 0 Å². The molecule has 0 unspecified atom stereocenters. The molecule has 146 valence electrons. The quantitative estimate of drug-likeness (QED) is 0.308. The van der Waals surface area contributed by atoms with Gasteiger partial charge in [-0.25, -0.2) is 4.99 Å². The van der Waals surface area contributed by atoms with Gasteiger partial charge in [0, 0.05) is 25.6 Å². The highest BCUT2D eigenvalue weighted by molar-refractivity contribution is 14.0. The van der Waals surface area contributed by atoms with E-state index in [-0.39, 0.29) is 29.9 Å². The second kappa shape index (κ2) is 12.8. The number of guanidine groups is 1. The van der Waals surface area contributed by atoms with Crippen LogP contribution in [0.15, 0.2) is 29.3 Å². The molecule has 7 heteroatoms. The van der Waals surface area contributed by atoms with Crippen LogP contribution in [0, 0.1) is 0 Å². The van der Waals surface area contributed by atoms with Gasteiger partial charge in [0.25, 0.3) is 0 Å². The van der Waals surface area contributed by atoms with Gasteiger partial charge in [-0.2, -0.15) is 0 Å². The number of nitrogens with one attached hydrogen (secondary N) is 3. The molecule has 0 heterocycles. The van der Waals surface area contributed by atoms with Crippen molar-refractivity contribution >= 4 is 35.8 Å². The summed E-state index contributed by atoms with van der Waals surface area (Å²) in [7, 11) is 1.66. The molecule has 0 aromatic heterocycles. The van der Waals surface area contributed by atoms with Gasteiger partial charge in [0.15, 0.2) is 5.96 Å². The normalized spacial score (nSPS) is 14.5.